The maximum atomic E-state index is 13.5. The Balaban J connectivity index is 2.06. The molecule has 2 amide bonds. The van der Waals surface area contributed by atoms with Gasteiger partial charge in [-0.1, -0.05) is 6.07 Å². The first-order valence-electron chi connectivity index (χ1n) is 7.03. The number of aliphatic carboxylic acids is 1. The number of nitrogens with zero attached hydrogens (tertiary/aromatic N) is 1. The average Bonchev–Trinajstić information content (AvgIpc) is 2.43. The molecule has 0 bridgehead atoms. The molecule has 1 aliphatic rings. The van der Waals surface area contributed by atoms with Crippen molar-refractivity contribution in [3.63, 3.8) is 0 Å². The number of hydrogen-bond donors (Lipinski definition) is 2. The monoisotopic (exact) mass is 294 g/mol. The van der Waals surface area contributed by atoms with Crippen molar-refractivity contribution in [3.05, 3.63) is 29.6 Å². The highest BCUT2D eigenvalue weighted by atomic mass is 19.1. The molecular weight excluding hydrogens is 275 g/mol. The molecule has 0 aromatic heterocycles. The van der Waals surface area contributed by atoms with Gasteiger partial charge in [0.1, 0.15) is 5.82 Å². The molecule has 1 aromatic rings. The van der Waals surface area contributed by atoms with Crippen LogP contribution in [0.15, 0.2) is 18.2 Å². The molecule has 1 atom stereocenters. The van der Waals surface area contributed by atoms with Crippen LogP contribution in [-0.2, 0) is 4.79 Å². The molecule has 114 valence electrons. The summed E-state index contributed by atoms with van der Waals surface area (Å²) in [5.41, 5.74) is 0.887. The largest absolute Gasteiger partial charge is 0.481 e. The van der Waals surface area contributed by atoms with E-state index in [-0.39, 0.29) is 24.3 Å². The van der Waals surface area contributed by atoms with Crippen molar-refractivity contribution in [3.8, 4) is 0 Å². The van der Waals surface area contributed by atoms with Crippen LogP contribution < -0.4 is 5.32 Å². The van der Waals surface area contributed by atoms with E-state index in [4.69, 9.17) is 5.11 Å². The van der Waals surface area contributed by atoms with Gasteiger partial charge in [-0.25, -0.2) is 9.18 Å². The zero-order valence-corrected chi connectivity index (χ0v) is 11.9. The highest BCUT2D eigenvalue weighted by Crippen LogP contribution is 2.21. The van der Waals surface area contributed by atoms with Crippen molar-refractivity contribution in [1.82, 2.24) is 4.90 Å². The lowest BCUT2D eigenvalue weighted by molar-refractivity contribution is -0.138. The molecule has 2 rings (SSSR count). The minimum atomic E-state index is -0.916. The van der Waals surface area contributed by atoms with Crippen molar-refractivity contribution in [2.75, 3.05) is 11.9 Å². The minimum absolute atomic E-state index is 0.0598. The van der Waals surface area contributed by atoms with Crippen molar-refractivity contribution in [1.29, 1.82) is 0 Å². The number of carboxylic acid groups (broad SMARTS) is 1. The summed E-state index contributed by atoms with van der Waals surface area (Å²) in [6, 6.07) is 3.82. The number of urea groups is 1. The molecular formula is C15H19FN2O3. The highest BCUT2D eigenvalue weighted by molar-refractivity contribution is 5.90. The molecule has 1 heterocycles. The fourth-order valence-corrected chi connectivity index (χ4v) is 2.55. The molecule has 0 spiro atoms. The quantitative estimate of drug-likeness (QED) is 0.900. The Morgan fingerprint density at radius 3 is 2.86 bits per heavy atom. The van der Waals surface area contributed by atoms with Gasteiger partial charge in [-0.2, -0.15) is 0 Å². The standard InChI is InChI=1S/C15H19FN2O3/c1-10-5-6-11(8-13(10)16)17-15(21)18-7-3-2-4-12(18)9-14(19)20/h5-6,8,12H,2-4,7,9H2,1H3,(H,17,21)(H,19,20). The molecule has 1 aromatic carbocycles. The number of likely N-dealkylation sites (tertiary alicyclic amines) is 1. The van der Waals surface area contributed by atoms with Crippen LogP contribution in [0.5, 0.6) is 0 Å². The van der Waals surface area contributed by atoms with Crippen LogP contribution in [-0.4, -0.2) is 34.6 Å². The van der Waals surface area contributed by atoms with Crippen molar-refractivity contribution in [2.45, 2.75) is 38.6 Å². The second-order valence-electron chi connectivity index (χ2n) is 5.33. The number of anilines is 1. The fraction of sp³-hybridized carbons (Fsp3) is 0.467. The molecule has 1 aliphatic heterocycles. The summed E-state index contributed by atoms with van der Waals surface area (Å²) < 4.78 is 13.5. The van der Waals surface area contributed by atoms with Gasteiger partial charge < -0.3 is 15.3 Å². The number of hydrogen-bond acceptors (Lipinski definition) is 2. The van der Waals surface area contributed by atoms with E-state index < -0.39 is 5.97 Å². The third kappa shape index (κ3) is 3.93. The van der Waals surface area contributed by atoms with Gasteiger partial charge in [0.15, 0.2) is 0 Å². The van der Waals surface area contributed by atoms with Crippen LogP contribution in [0.3, 0.4) is 0 Å². The number of carbonyl (C=O) groups is 2. The van der Waals surface area contributed by atoms with E-state index >= 15 is 0 Å². The van der Waals surface area contributed by atoms with Gasteiger partial charge in [0.05, 0.1) is 6.42 Å². The van der Waals surface area contributed by atoms with Gasteiger partial charge in [-0.05, 0) is 43.9 Å². The van der Waals surface area contributed by atoms with Crippen molar-refractivity contribution in [2.24, 2.45) is 0 Å². The molecule has 6 heteroatoms. The number of benzene rings is 1. The molecule has 0 aliphatic carbocycles. The van der Waals surface area contributed by atoms with E-state index in [2.05, 4.69) is 5.32 Å². The molecule has 21 heavy (non-hydrogen) atoms. The van der Waals surface area contributed by atoms with E-state index in [0.717, 1.165) is 12.8 Å². The van der Waals surface area contributed by atoms with Gasteiger partial charge >= 0.3 is 12.0 Å². The van der Waals surface area contributed by atoms with Gasteiger partial charge in [0.25, 0.3) is 0 Å². The lowest BCUT2D eigenvalue weighted by Gasteiger charge is -2.34. The van der Waals surface area contributed by atoms with E-state index in [1.807, 2.05) is 0 Å². The van der Waals surface area contributed by atoms with Crippen LogP contribution in [0.1, 0.15) is 31.2 Å². The van der Waals surface area contributed by atoms with Crippen LogP contribution in [0, 0.1) is 12.7 Å². The third-order valence-corrected chi connectivity index (χ3v) is 3.72. The molecule has 2 N–H and O–H groups in total. The molecule has 5 nitrogen and oxygen atoms in total. The van der Waals surface area contributed by atoms with Crippen LogP contribution in [0.4, 0.5) is 14.9 Å². The smallest absolute Gasteiger partial charge is 0.322 e. The number of aryl methyl sites for hydroxylation is 1. The number of amides is 2. The Labute approximate surface area is 122 Å². The highest BCUT2D eigenvalue weighted by Gasteiger charge is 2.28. The molecule has 1 unspecified atom stereocenters. The van der Waals surface area contributed by atoms with Gasteiger partial charge in [-0.15, -0.1) is 0 Å². The normalized spacial score (nSPS) is 18.4. The third-order valence-electron chi connectivity index (χ3n) is 3.72. The summed E-state index contributed by atoms with van der Waals surface area (Å²) in [6.45, 7) is 2.17. The number of rotatable bonds is 3. The number of halogens is 1. The average molecular weight is 294 g/mol. The van der Waals surface area contributed by atoms with Gasteiger partial charge in [-0.3, -0.25) is 4.79 Å². The van der Waals surface area contributed by atoms with Crippen molar-refractivity contribution >= 4 is 17.7 Å². The fourth-order valence-electron chi connectivity index (χ4n) is 2.55. The second kappa shape index (κ2) is 6.56. The van der Waals surface area contributed by atoms with Crippen LogP contribution in [0.2, 0.25) is 0 Å². The SMILES string of the molecule is Cc1ccc(NC(=O)N2CCCCC2CC(=O)O)cc1F. The van der Waals surface area contributed by atoms with Gasteiger partial charge in [0.2, 0.25) is 0 Å². The predicted octanol–water partition coefficient (Wildman–Crippen LogP) is 3.00. The lowest BCUT2D eigenvalue weighted by atomic mass is 10.00. The zero-order chi connectivity index (χ0) is 15.4. The first-order valence-corrected chi connectivity index (χ1v) is 7.03. The molecule has 0 saturated carbocycles. The Kier molecular flexibility index (Phi) is 4.77. The Bertz CT molecular complexity index is 548. The summed E-state index contributed by atoms with van der Waals surface area (Å²) in [5, 5.41) is 11.6. The Hall–Kier alpha value is -2.11. The van der Waals surface area contributed by atoms with E-state index in [1.165, 1.54) is 11.0 Å². The summed E-state index contributed by atoms with van der Waals surface area (Å²) in [7, 11) is 0. The van der Waals surface area contributed by atoms with E-state index in [0.29, 0.717) is 24.2 Å². The Morgan fingerprint density at radius 1 is 1.43 bits per heavy atom. The summed E-state index contributed by atoms with van der Waals surface area (Å²) in [4.78, 5) is 24.7. The van der Waals surface area contributed by atoms with E-state index in [9.17, 15) is 14.0 Å². The number of carboxylic acids is 1. The number of carbonyl (C=O) groups excluding carboxylic acids is 1. The maximum absolute atomic E-state index is 13.5. The molecule has 0 radical (unpaired) electrons. The summed E-state index contributed by atoms with van der Waals surface area (Å²) in [6.07, 6.45) is 2.39. The van der Waals surface area contributed by atoms with E-state index in [1.54, 1.807) is 19.1 Å². The minimum Gasteiger partial charge on any atom is -0.481 e. The van der Waals surface area contributed by atoms with Gasteiger partial charge in [0, 0.05) is 18.3 Å². The Morgan fingerprint density at radius 2 is 2.19 bits per heavy atom. The number of piperidine rings is 1. The summed E-state index contributed by atoms with van der Waals surface area (Å²) >= 11 is 0. The first-order chi connectivity index (χ1) is 9.97. The zero-order valence-electron chi connectivity index (χ0n) is 11.9. The molecule has 1 saturated heterocycles. The maximum Gasteiger partial charge on any atom is 0.322 e. The number of nitrogens with one attached hydrogen (secondary N) is 1. The topological polar surface area (TPSA) is 69.6 Å². The predicted molar refractivity (Wildman–Crippen MR) is 76.8 cm³/mol. The summed E-state index contributed by atoms with van der Waals surface area (Å²) in [5.74, 6) is -1.30. The van der Waals surface area contributed by atoms with Crippen molar-refractivity contribution < 1.29 is 19.1 Å². The molecule has 1 fully saturated rings. The second-order valence-corrected chi connectivity index (χ2v) is 5.33. The first kappa shape index (κ1) is 15.3. The lowest BCUT2D eigenvalue weighted by Crippen LogP contribution is -2.46. The van der Waals surface area contributed by atoms with Crippen LogP contribution >= 0.6 is 0 Å². The van der Waals surface area contributed by atoms with Crippen LogP contribution in [0.25, 0.3) is 0 Å².